The van der Waals surface area contributed by atoms with Crippen molar-refractivity contribution in [1.29, 1.82) is 0 Å². The van der Waals surface area contributed by atoms with Gasteiger partial charge in [0.25, 0.3) is 0 Å². The highest BCUT2D eigenvalue weighted by atomic mass is 35.5. The Kier molecular flexibility index (Phi) is 8.39. The van der Waals surface area contributed by atoms with E-state index < -0.39 is 34.4 Å². The number of hydrogen-bond donors (Lipinski definition) is 0. The van der Waals surface area contributed by atoms with E-state index in [9.17, 15) is 28.0 Å². The van der Waals surface area contributed by atoms with Crippen molar-refractivity contribution in [2.75, 3.05) is 13.2 Å². The summed E-state index contributed by atoms with van der Waals surface area (Å²) in [6.45, 7) is 3.65. The molecule has 8 nitrogen and oxygen atoms in total. The Balaban J connectivity index is 0.000000154. The van der Waals surface area contributed by atoms with Crippen LogP contribution in [0.25, 0.3) is 51.9 Å². The number of aromatic nitrogens is 2. The molecule has 0 unspecified atom stereocenters. The fraction of sp³-hybridized carbons (Fsp3) is 0.111. The number of esters is 2. The molecule has 13 heteroatoms. The highest BCUT2D eigenvalue weighted by molar-refractivity contribution is 7.24. The number of carbonyl (C=O) groups is 2. The molecule has 4 aromatic carbocycles. The fourth-order valence-electron chi connectivity index (χ4n) is 5.80. The molecule has 0 spiro atoms. The van der Waals surface area contributed by atoms with E-state index in [-0.39, 0.29) is 40.1 Å². The first-order chi connectivity index (χ1) is 23.6. The summed E-state index contributed by atoms with van der Waals surface area (Å²) >= 11 is 8.58. The zero-order valence-corrected chi connectivity index (χ0v) is 28.1. The SMILES string of the molecule is CCOC(=O)c1c(=O)c2cc(F)c(Cl)cc2n2c1sc1ccccc12.CCOC(=O)c1c(=O)c2cc(F)ccc2n2c1sc1ccccc12. The van der Waals surface area contributed by atoms with Crippen molar-refractivity contribution in [2.24, 2.45) is 0 Å². The van der Waals surface area contributed by atoms with Crippen LogP contribution in [0.5, 0.6) is 0 Å². The van der Waals surface area contributed by atoms with Crippen LogP contribution in [0.4, 0.5) is 8.78 Å². The number of benzene rings is 4. The van der Waals surface area contributed by atoms with E-state index in [0.717, 1.165) is 26.5 Å². The first-order valence-corrected chi connectivity index (χ1v) is 17.0. The lowest BCUT2D eigenvalue weighted by atomic mass is 10.1. The third-order valence-corrected chi connectivity index (χ3v) is 10.4. The van der Waals surface area contributed by atoms with Gasteiger partial charge < -0.3 is 9.47 Å². The van der Waals surface area contributed by atoms with Crippen molar-refractivity contribution in [3.05, 3.63) is 127 Å². The van der Waals surface area contributed by atoms with E-state index in [1.807, 2.05) is 52.9 Å². The second kappa shape index (κ2) is 12.7. The molecule has 0 saturated carbocycles. The number of ether oxygens (including phenoxy) is 2. The summed E-state index contributed by atoms with van der Waals surface area (Å²) in [5.74, 6) is -2.62. The highest BCUT2D eigenvalue weighted by Crippen LogP contribution is 2.34. The van der Waals surface area contributed by atoms with Crippen LogP contribution in [0.15, 0.2) is 88.5 Å². The lowest BCUT2D eigenvalue weighted by molar-refractivity contribution is 0.0517. The molecule has 246 valence electrons. The van der Waals surface area contributed by atoms with E-state index in [1.54, 1.807) is 24.3 Å². The zero-order chi connectivity index (χ0) is 34.6. The van der Waals surface area contributed by atoms with Gasteiger partial charge in [0.2, 0.25) is 10.9 Å². The van der Waals surface area contributed by atoms with Gasteiger partial charge in [-0.2, -0.15) is 0 Å². The molecule has 0 bridgehead atoms. The minimum Gasteiger partial charge on any atom is -0.462 e. The summed E-state index contributed by atoms with van der Waals surface area (Å²) in [4.78, 5) is 51.4. The van der Waals surface area contributed by atoms with E-state index in [2.05, 4.69) is 0 Å². The second-order valence-corrected chi connectivity index (χ2v) is 13.2. The smallest absolute Gasteiger partial charge is 0.345 e. The summed E-state index contributed by atoms with van der Waals surface area (Å²) in [5, 5.41) is 0.171. The molecule has 0 aliphatic rings. The molecule has 8 rings (SSSR count). The number of halogens is 3. The maximum atomic E-state index is 14.0. The zero-order valence-electron chi connectivity index (χ0n) is 25.7. The van der Waals surface area contributed by atoms with Crippen LogP contribution >= 0.6 is 34.3 Å². The first-order valence-electron chi connectivity index (χ1n) is 15.0. The van der Waals surface area contributed by atoms with Gasteiger partial charge in [-0.1, -0.05) is 35.9 Å². The molecule has 49 heavy (non-hydrogen) atoms. The van der Waals surface area contributed by atoms with Crippen LogP contribution in [-0.2, 0) is 9.47 Å². The van der Waals surface area contributed by atoms with Crippen molar-refractivity contribution in [2.45, 2.75) is 13.8 Å². The third kappa shape index (κ3) is 5.32. The number of nitrogens with zero attached hydrogens (tertiary/aromatic N) is 2. The molecule has 8 aromatic rings. The Morgan fingerprint density at radius 2 is 1.16 bits per heavy atom. The van der Waals surface area contributed by atoms with Crippen LogP contribution in [0, 0.1) is 11.6 Å². The van der Waals surface area contributed by atoms with Gasteiger partial charge in [0.15, 0.2) is 0 Å². The van der Waals surface area contributed by atoms with Gasteiger partial charge in [0, 0.05) is 5.39 Å². The highest BCUT2D eigenvalue weighted by Gasteiger charge is 2.25. The number of thiazole rings is 2. The molecule has 0 fully saturated rings. The van der Waals surface area contributed by atoms with Gasteiger partial charge in [-0.3, -0.25) is 18.4 Å². The summed E-state index contributed by atoms with van der Waals surface area (Å²) in [5.41, 5.74) is 1.50. The number of para-hydroxylation sites is 2. The van der Waals surface area contributed by atoms with Crippen molar-refractivity contribution >= 4 is 98.1 Å². The van der Waals surface area contributed by atoms with Gasteiger partial charge in [-0.15, -0.1) is 22.7 Å². The average Bonchev–Trinajstić information content (AvgIpc) is 3.65. The van der Waals surface area contributed by atoms with Crippen molar-refractivity contribution in [3.63, 3.8) is 0 Å². The molecule has 0 saturated heterocycles. The van der Waals surface area contributed by atoms with E-state index >= 15 is 0 Å². The normalized spacial score (nSPS) is 11.4. The standard InChI is InChI=1S/C18H11ClFNO3S.C18H12FNO3S/c1-2-24-18(23)15-16(22)9-7-11(20)10(19)8-13(9)21-12-5-3-4-6-14(12)25-17(15)21;1-2-23-18(22)15-16(21)11-9-10(19)7-8-12(11)20-13-5-3-4-6-14(13)24-17(15)20/h3-8H,2H2,1H3;3-9H,2H2,1H3. The van der Waals surface area contributed by atoms with Gasteiger partial charge in [0.1, 0.15) is 32.4 Å². The molecule has 0 N–H and O–H groups in total. The van der Waals surface area contributed by atoms with E-state index in [0.29, 0.717) is 20.7 Å². The van der Waals surface area contributed by atoms with Crippen LogP contribution < -0.4 is 10.9 Å². The van der Waals surface area contributed by atoms with Crippen molar-refractivity contribution < 1.29 is 27.8 Å². The maximum absolute atomic E-state index is 14.0. The van der Waals surface area contributed by atoms with Gasteiger partial charge in [-0.25, -0.2) is 18.4 Å². The Bertz CT molecular complexity index is 2790. The first kappa shape index (κ1) is 32.4. The largest absolute Gasteiger partial charge is 0.462 e. The molecule has 4 heterocycles. The Hall–Kier alpha value is -5.17. The number of hydrogen-bond acceptors (Lipinski definition) is 8. The van der Waals surface area contributed by atoms with Crippen LogP contribution in [0.3, 0.4) is 0 Å². The third-order valence-electron chi connectivity index (χ3n) is 7.84. The number of fused-ring (bicyclic) bond motifs is 10. The number of pyridine rings is 2. The van der Waals surface area contributed by atoms with E-state index in [1.165, 1.54) is 40.9 Å². The molecule has 0 radical (unpaired) electrons. The summed E-state index contributed by atoms with van der Waals surface area (Å²) in [7, 11) is 0. The molecule has 0 aliphatic heterocycles. The minimum atomic E-state index is -0.714. The van der Waals surface area contributed by atoms with Gasteiger partial charge in [-0.05, 0) is 68.4 Å². The van der Waals surface area contributed by atoms with Crippen molar-refractivity contribution in [3.8, 4) is 0 Å². The Morgan fingerprint density at radius 1 is 0.673 bits per heavy atom. The second-order valence-electron chi connectivity index (χ2n) is 10.7. The molecule has 0 atom stereocenters. The average molecular weight is 717 g/mol. The van der Waals surface area contributed by atoms with Crippen LogP contribution in [0.2, 0.25) is 5.02 Å². The molecule has 0 amide bonds. The molecular formula is C36H23ClF2N2O6S2. The fourth-order valence-corrected chi connectivity index (χ4v) is 8.32. The monoisotopic (exact) mass is 716 g/mol. The van der Waals surface area contributed by atoms with Gasteiger partial charge in [0.05, 0.1) is 55.1 Å². The lowest BCUT2D eigenvalue weighted by Gasteiger charge is -2.09. The van der Waals surface area contributed by atoms with Crippen LogP contribution in [-0.4, -0.2) is 34.0 Å². The summed E-state index contributed by atoms with van der Waals surface area (Å²) < 4.78 is 43.1. The maximum Gasteiger partial charge on any atom is 0.345 e. The molecule has 4 aromatic heterocycles. The lowest BCUT2D eigenvalue weighted by Crippen LogP contribution is -2.19. The van der Waals surface area contributed by atoms with Crippen LogP contribution in [0.1, 0.15) is 34.6 Å². The molecule has 0 aliphatic carbocycles. The quantitative estimate of drug-likeness (QED) is 0.169. The number of carbonyl (C=O) groups excluding carboxylic acids is 2. The predicted molar refractivity (Wildman–Crippen MR) is 190 cm³/mol. The summed E-state index contributed by atoms with van der Waals surface area (Å²) in [6.07, 6.45) is 0. The predicted octanol–water partition coefficient (Wildman–Crippen LogP) is 8.62. The van der Waals surface area contributed by atoms with E-state index in [4.69, 9.17) is 21.1 Å². The number of rotatable bonds is 4. The topological polar surface area (TPSA) is 95.6 Å². The van der Waals surface area contributed by atoms with Gasteiger partial charge >= 0.3 is 11.9 Å². The molecular weight excluding hydrogens is 694 g/mol. The Labute approximate surface area is 287 Å². The summed E-state index contributed by atoms with van der Waals surface area (Å²) in [6, 6.07) is 21.6. The van der Waals surface area contributed by atoms with Crippen molar-refractivity contribution in [1.82, 2.24) is 8.80 Å². The Morgan fingerprint density at radius 3 is 1.69 bits per heavy atom. The minimum absolute atomic E-state index is 0.0452.